The summed E-state index contributed by atoms with van der Waals surface area (Å²) in [5, 5.41) is 64.4. The maximum Gasteiger partial charge on any atom is 0.224 e. The molecule has 2 unspecified atom stereocenters. The summed E-state index contributed by atoms with van der Waals surface area (Å²) in [5.74, 6) is -0.869. The summed E-state index contributed by atoms with van der Waals surface area (Å²) in [6.45, 7) is 3.87. The highest BCUT2D eigenvalue weighted by Gasteiger charge is 2.39. The zero-order chi connectivity index (χ0) is 32.6. The van der Waals surface area contributed by atoms with E-state index in [0.717, 1.165) is 38.5 Å². The molecule has 1 aliphatic carbocycles. The first kappa shape index (κ1) is 40.7. The molecule has 8 heteroatoms. The Kier molecular flexibility index (Phi) is 23.9. The Morgan fingerprint density at radius 1 is 0.773 bits per heavy atom. The molecule has 44 heavy (non-hydrogen) atoms. The first-order valence-corrected chi connectivity index (χ1v) is 17.9. The summed E-state index contributed by atoms with van der Waals surface area (Å²) in [6, 6.07) is -0.951. The van der Waals surface area contributed by atoms with Crippen LogP contribution in [0.1, 0.15) is 142 Å². The molecule has 0 radical (unpaired) electrons. The average molecular weight is 626 g/mol. The summed E-state index contributed by atoms with van der Waals surface area (Å²) < 4.78 is 0. The number of nitrogens with one attached hydrogen (secondary N) is 1. The van der Waals surface area contributed by atoms with Gasteiger partial charge in [0.2, 0.25) is 5.91 Å². The lowest BCUT2D eigenvalue weighted by Crippen LogP contribution is -2.50. The summed E-state index contributed by atoms with van der Waals surface area (Å²) >= 11 is 0. The average Bonchev–Trinajstić information content (AvgIpc) is 3.28. The van der Waals surface area contributed by atoms with Gasteiger partial charge >= 0.3 is 0 Å². The number of hydrogen-bond donors (Lipinski definition) is 7. The third kappa shape index (κ3) is 18.0. The molecule has 0 spiro atoms. The number of amides is 1. The highest BCUT2D eigenvalue weighted by molar-refractivity contribution is 5.77. The fraction of sp³-hybridized carbons (Fsp3) is 0.861. The molecule has 8 nitrogen and oxygen atoms in total. The SMILES string of the molecule is CCCCCCCCCCCCCCC(O)C(O)[C@H](CO)NC(=O)C/C=C\C[C@H]1[C@@H](/C=C/[C@H](O)CCCCC)[C@H](O)C[C@@H]1O. The fourth-order valence-corrected chi connectivity index (χ4v) is 6.24. The zero-order valence-electron chi connectivity index (χ0n) is 27.9. The van der Waals surface area contributed by atoms with E-state index in [0.29, 0.717) is 19.3 Å². The quantitative estimate of drug-likeness (QED) is 0.0473. The summed E-state index contributed by atoms with van der Waals surface area (Å²) in [6.07, 6.45) is 22.4. The zero-order valence-corrected chi connectivity index (χ0v) is 27.9. The van der Waals surface area contributed by atoms with Gasteiger partial charge in [-0.3, -0.25) is 4.79 Å². The second-order valence-electron chi connectivity index (χ2n) is 13.1. The number of unbranched alkanes of at least 4 members (excludes halogenated alkanes) is 13. The minimum absolute atomic E-state index is 0.0278. The molecule has 0 bridgehead atoms. The van der Waals surface area contributed by atoms with Crippen LogP contribution in [0.4, 0.5) is 0 Å². The van der Waals surface area contributed by atoms with Crippen LogP contribution in [0.5, 0.6) is 0 Å². The van der Waals surface area contributed by atoms with Crippen LogP contribution < -0.4 is 5.32 Å². The van der Waals surface area contributed by atoms with Crippen molar-refractivity contribution in [1.29, 1.82) is 0 Å². The lowest BCUT2D eigenvalue weighted by molar-refractivity contribution is -0.123. The van der Waals surface area contributed by atoms with E-state index in [2.05, 4.69) is 19.2 Å². The number of allylic oxidation sites excluding steroid dienone is 1. The van der Waals surface area contributed by atoms with Gasteiger partial charge in [-0.2, -0.15) is 0 Å². The molecule has 0 aromatic heterocycles. The minimum atomic E-state index is -1.25. The molecule has 0 heterocycles. The molecule has 0 saturated heterocycles. The molecule has 0 aromatic rings. The lowest BCUT2D eigenvalue weighted by Gasteiger charge is -2.26. The van der Waals surface area contributed by atoms with Crippen molar-refractivity contribution in [3.05, 3.63) is 24.3 Å². The van der Waals surface area contributed by atoms with Gasteiger partial charge in [0.25, 0.3) is 0 Å². The van der Waals surface area contributed by atoms with Gasteiger partial charge in [0.05, 0.1) is 37.1 Å². The van der Waals surface area contributed by atoms with E-state index in [1.165, 1.54) is 57.8 Å². The van der Waals surface area contributed by atoms with E-state index in [-0.39, 0.29) is 30.6 Å². The lowest BCUT2D eigenvalue weighted by atomic mass is 9.89. The van der Waals surface area contributed by atoms with Crippen molar-refractivity contribution in [2.24, 2.45) is 11.8 Å². The monoisotopic (exact) mass is 625 g/mol. The standard InChI is InChI=1S/C36H67NO7/c1-3-5-7-8-9-10-11-12-13-14-15-17-22-32(40)36(44)31(27-38)37-35(43)23-19-18-21-29-30(34(42)26-33(29)41)25-24-28(39)20-16-6-4-2/h18-19,24-25,28-34,36,38-42,44H,3-17,20-23,26-27H2,1-2H3,(H,37,43)/b19-18-,25-24+/t28-,29+,30-,31+,32?,33+,34-,36?/m1/s1. The Balaban J connectivity index is 2.32. The Bertz CT molecular complexity index is 761. The predicted octanol–water partition coefficient (Wildman–Crippen LogP) is 5.47. The van der Waals surface area contributed by atoms with Gasteiger partial charge in [0.1, 0.15) is 6.10 Å². The number of carbonyl (C=O) groups excluding carboxylic acids is 1. The topological polar surface area (TPSA) is 150 Å². The molecular weight excluding hydrogens is 558 g/mol. The maximum atomic E-state index is 12.5. The van der Waals surface area contributed by atoms with Gasteiger partial charge in [0, 0.05) is 18.8 Å². The number of rotatable bonds is 27. The van der Waals surface area contributed by atoms with Crippen LogP contribution in [0.3, 0.4) is 0 Å². The van der Waals surface area contributed by atoms with Gasteiger partial charge < -0.3 is 36.0 Å². The molecule has 1 amide bonds. The van der Waals surface area contributed by atoms with Crippen molar-refractivity contribution in [1.82, 2.24) is 5.32 Å². The Hall–Kier alpha value is -1.29. The molecule has 1 fully saturated rings. The third-order valence-electron chi connectivity index (χ3n) is 9.16. The fourth-order valence-electron chi connectivity index (χ4n) is 6.24. The summed E-state index contributed by atoms with van der Waals surface area (Å²) in [5.41, 5.74) is 0. The van der Waals surface area contributed by atoms with Gasteiger partial charge in [-0.25, -0.2) is 0 Å². The van der Waals surface area contributed by atoms with Crippen LogP contribution >= 0.6 is 0 Å². The van der Waals surface area contributed by atoms with E-state index in [1.807, 2.05) is 6.08 Å². The molecule has 258 valence electrons. The van der Waals surface area contributed by atoms with Crippen LogP contribution in [-0.2, 0) is 4.79 Å². The molecule has 0 aromatic carbocycles. The molecule has 7 N–H and O–H groups in total. The number of aliphatic hydroxyl groups is 6. The van der Waals surface area contributed by atoms with Crippen molar-refractivity contribution >= 4 is 5.91 Å². The van der Waals surface area contributed by atoms with Crippen molar-refractivity contribution < 1.29 is 35.4 Å². The smallest absolute Gasteiger partial charge is 0.224 e. The van der Waals surface area contributed by atoms with Crippen molar-refractivity contribution in [2.45, 2.75) is 179 Å². The highest BCUT2D eigenvalue weighted by atomic mass is 16.3. The largest absolute Gasteiger partial charge is 0.394 e. The third-order valence-corrected chi connectivity index (χ3v) is 9.16. The van der Waals surface area contributed by atoms with E-state index >= 15 is 0 Å². The second-order valence-corrected chi connectivity index (χ2v) is 13.1. The van der Waals surface area contributed by atoms with Crippen LogP contribution in [0.15, 0.2) is 24.3 Å². The predicted molar refractivity (Wildman–Crippen MR) is 178 cm³/mol. The highest BCUT2D eigenvalue weighted by Crippen LogP contribution is 2.36. The summed E-state index contributed by atoms with van der Waals surface area (Å²) in [4.78, 5) is 12.5. The van der Waals surface area contributed by atoms with Gasteiger partial charge in [-0.05, 0) is 25.2 Å². The Labute approximate surface area is 268 Å². The maximum absolute atomic E-state index is 12.5. The molecule has 1 saturated carbocycles. The number of aliphatic hydroxyl groups excluding tert-OH is 6. The molecular formula is C36H67NO7. The van der Waals surface area contributed by atoms with Crippen molar-refractivity contribution in [2.75, 3.05) is 6.61 Å². The molecule has 8 atom stereocenters. The van der Waals surface area contributed by atoms with E-state index in [4.69, 9.17) is 0 Å². The number of carbonyl (C=O) groups is 1. The number of hydrogen-bond acceptors (Lipinski definition) is 7. The van der Waals surface area contributed by atoms with Crippen LogP contribution in [0, 0.1) is 11.8 Å². The normalized spacial score (nSPS) is 23.4. The Morgan fingerprint density at radius 2 is 1.32 bits per heavy atom. The van der Waals surface area contributed by atoms with Gasteiger partial charge in [-0.1, -0.05) is 134 Å². The molecule has 0 aliphatic heterocycles. The first-order valence-electron chi connectivity index (χ1n) is 17.9. The summed E-state index contributed by atoms with van der Waals surface area (Å²) in [7, 11) is 0. The van der Waals surface area contributed by atoms with Gasteiger partial charge in [0.15, 0.2) is 0 Å². The molecule has 1 rings (SSSR count). The van der Waals surface area contributed by atoms with Crippen molar-refractivity contribution in [3.63, 3.8) is 0 Å². The van der Waals surface area contributed by atoms with E-state index in [1.54, 1.807) is 18.2 Å². The Morgan fingerprint density at radius 3 is 1.91 bits per heavy atom. The van der Waals surface area contributed by atoms with E-state index < -0.39 is 43.2 Å². The molecule has 1 aliphatic rings. The van der Waals surface area contributed by atoms with Crippen molar-refractivity contribution in [3.8, 4) is 0 Å². The second kappa shape index (κ2) is 25.9. The first-order chi connectivity index (χ1) is 21.2. The van der Waals surface area contributed by atoms with Crippen LogP contribution in [-0.4, -0.2) is 79.7 Å². The van der Waals surface area contributed by atoms with Gasteiger partial charge in [-0.15, -0.1) is 0 Å². The minimum Gasteiger partial charge on any atom is -0.394 e. The van der Waals surface area contributed by atoms with E-state index in [9.17, 15) is 35.4 Å². The van der Waals surface area contributed by atoms with Crippen LogP contribution in [0.2, 0.25) is 0 Å². The van der Waals surface area contributed by atoms with Crippen LogP contribution in [0.25, 0.3) is 0 Å².